The quantitative estimate of drug-likeness (QED) is 0.855. The van der Waals surface area contributed by atoms with Crippen LogP contribution in [0.4, 0.5) is 5.69 Å². The van der Waals surface area contributed by atoms with Crippen molar-refractivity contribution < 1.29 is 4.79 Å². The summed E-state index contributed by atoms with van der Waals surface area (Å²) in [5.41, 5.74) is 7.62. The molecule has 19 heavy (non-hydrogen) atoms. The molecule has 0 aliphatic carbocycles. The van der Waals surface area contributed by atoms with Crippen LogP contribution < -0.4 is 5.73 Å². The molecule has 1 aromatic rings. The van der Waals surface area contributed by atoms with Crippen molar-refractivity contribution in [2.75, 3.05) is 39.5 Å². The zero-order valence-corrected chi connectivity index (χ0v) is 12.2. The van der Waals surface area contributed by atoms with E-state index in [1.165, 1.54) is 0 Å². The van der Waals surface area contributed by atoms with E-state index in [2.05, 4.69) is 17.0 Å². The van der Waals surface area contributed by atoms with E-state index in [1.54, 1.807) is 16.6 Å². The number of carbonyl (C=O) groups is 1. The highest BCUT2D eigenvalue weighted by Gasteiger charge is 2.26. The average molecular weight is 265 g/mol. The van der Waals surface area contributed by atoms with E-state index in [1.807, 2.05) is 14.0 Å². The van der Waals surface area contributed by atoms with Crippen LogP contribution in [0.5, 0.6) is 0 Å². The number of nitrogens with zero attached hydrogens (tertiary/aromatic N) is 4. The molecule has 1 aromatic heterocycles. The van der Waals surface area contributed by atoms with Crippen molar-refractivity contribution >= 4 is 11.6 Å². The fourth-order valence-electron chi connectivity index (χ4n) is 2.75. The molecule has 1 aliphatic heterocycles. The van der Waals surface area contributed by atoms with Gasteiger partial charge in [-0.25, -0.2) is 0 Å². The fourth-order valence-corrected chi connectivity index (χ4v) is 2.75. The zero-order valence-electron chi connectivity index (χ0n) is 12.2. The van der Waals surface area contributed by atoms with E-state index in [4.69, 9.17) is 5.73 Å². The molecule has 1 unspecified atom stereocenters. The Labute approximate surface area is 114 Å². The van der Waals surface area contributed by atoms with Crippen LogP contribution in [-0.4, -0.2) is 59.2 Å². The highest BCUT2D eigenvalue weighted by atomic mass is 16.2. The van der Waals surface area contributed by atoms with Crippen molar-refractivity contribution in [2.24, 2.45) is 13.0 Å². The minimum absolute atomic E-state index is 0.0462. The van der Waals surface area contributed by atoms with Crippen LogP contribution in [0.1, 0.15) is 22.6 Å². The van der Waals surface area contributed by atoms with Crippen molar-refractivity contribution in [3.05, 3.63) is 11.4 Å². The maximum atomic E-state index is 12.4. The van der Waals surface area contributed by atoms with E-state index >= 15 is 0 Å². The van der Waals surface area contributed by atoms with Crippen LogP contribution in [0.3, 0.4) is 0 Å². The summed E-state index contributed by atoms with van der Waals surface area (Å²) in [6, 6.07) is 0. The van der Waals surface area contributed by atoms with E-state index in [0.717, 1.165) is 26.1 Å². The first kappa shape index (κ1) is 13.9. The Morgan fingerprint density at radius 1 is 1.53 bits per heavy atom. The van der Waals surface area contributed by atoms with Crippen molar-refractivity contribution in [2.45, 2.75) is 13.3 Å². The van der Waals surface area contributed by atoms with Gasteiger partial charge in [-0.1, -0.05) is 0 Å². The summed E-state index contributed by atoms with van der Waals surface area (Å²) in [7, 11) is 5.71. The van der Waals surface area contributed by atoms with Gasteiger partial charge in [0.2, 0.25) is 0 Å². The third kappa shape index (κ3) is 2.73. The highest BCUT2D eigenvalue weighted by molar-refractivity contribution is 5.97. The molecule has 0 aromatic carbocycles. The Kier molecular flexibility index (Phi) is 3.80. The van der Waals surface area contributed by atoms with Gasteiger partial charge in [0.25, 0.3) is 5.91 Å². The molecule has 0 radical (unpaired) electrons. The van der Waals surface area contributed by atoms with Gasteiger partial charge in [0.15, 0.2) is 0 Å². The Morgan fingerprint density at radius 3 is 2.68 bits per heavy atom. The SMILES string of the molecule is Cc1nn(C)c(C(=O)N(C)CC2CCN(C)C2)c1N. The van der Waals surface area contributed by atoms with Crippen LogP contribution in [0.25, 0.3) is 0 Å². The van der Waals surface area contributed by atoms with Crippen LogP contribution in [0.15, 0.2) is 0 Å². The van der Waals surface area contributed by atoms with Crippen LogP contribution in [-0.2, 0) is 7.05 Å². The number of aryl methyl sites for hydroxylation is 2. The van der Waals surface area contributed by atoms with Crippen molar-refractivity contribution in [1.82, 2.24) is 19.6 Å². The molecule has 106 valence electrons. The molecule has 1 atom stereocenters. The molecule has 2 rings (SSSR count). The minimum Gasteiger partial charge on any atom is -0.395 e. The molecular formula is C13H23N5O. The van der Waals surface area contributed by atoms with Crippen LogP contribution in [0, 0.1) is 12.8 Å². The van der Waals surface area contributed by atoms with Gasteiger partial charge in [0, 0.05) is 27.2 Å². The third-order valence-corrected chi connectivity index (χ3v) is 3.84. The monoisotopic (exact) mass is 265 g/mol. The first-order valence-electron chi connectivity index (χ1n) is 6.63. The number of hydrogen-bond acceptors (Lipinski definition) is 4. The lowest BCUT2D eigenvalue weighted by molar-refractivity contribution is 0.0764. The molecule has 1 fully saturated rings. The number of anilines is 1. The predicted molar refractivity (Wildman–Crippen MR) is 74.9 cm³/mol. The van der Waals surface area contributed by atoms with Gasteiger partial charge in [-0.3, -0.25) is 9.48 Å². The molecule has 1 saturated heterocycles. The molecular weight excluding hydrogens is 242 g/mol. The van der Waals surface area contributed by atoms with Gasteiger partial charge < -0.3 is 15.5 Å². The lowest BCUT2D eigenvalue weighted by atomic mass is 10.1. The number of amides is 1. The van der Waals surface area contributed by atoms with E-state index in [9.17, 15) is 4.79 Å². The van der Waals surface area contributed by atoms with Gasteiger partial charge >= 0.3 is 0 Å². The van der Waals surface area contributed by atoms with Gasteiger partial charge in [0.05, 0.1) is 11.4 Å². The van der Waals surface area contributed by atoms with Crippen molar-refractivity contribution in [1.29, 1.82) is 0 Å². The Morgan fingerprint density at radius 2 is 2.21 bits per heavy atom. The van der Waals surface area contributed by atoms with E-state index < -0.39 is 0 Å². The second kappa shape index (κ2) is 5.21. The Balaban J connectivity index is 2.06. The molecule has 0 bridgehead atoms. The number of rotatable bonds is 3. The van der Waals surface area contributed by atoms with Gasteiger partial charge in [-0.05, 0) is 32.9 Å². The number of nitrogen functional groups attached to an aromatic ring is 1. The van der Waals surface area contributed by atoms with Crippen molar-refractivity contribution in [3.8, 4) is 0 Å². The van der Waals surface area contributed by atoms with Gasteiger partial charge in [-0.15, -0.1) is 0 Å². The van der Waals surface area contributed by atoms with Crippen LogP contribution in [0.2, 0.25) is 0 Å². The maximum absolute atomic E-state index is 12.4. The normalized spacial score (nSPS) is 19.9. The lowest BCUT2D eigenvalue weighted by Gasteiger charge is -2.21. The van der Waals surface area contributed by atoms with E-state index in [0.29, 0.717) is 23.0 Å². The Hall–Kier alpha value is -1.56. The van der Waals surface area contributed by atoms with E-state index in [-0.39, 0.29) is 5.91 Å². The first-order valence-corrected chi connectivity index (χ1v) is 6.63. The average Bonchev–Trinajstić information content (AvgIpc) is 2.84. The number of hydrogen-bond donors (Lipinski definition) is 1. The first-order chi connectivity index (χ1) is 8.90. The molecule has 1 aliphatic rings. The summed E-state index contributed by atoms with van der Waals surface area (Å²) < 4.78 is 1.57. The minimum atomic E-state index is -0.0462. The van der Waals surface area contributed by atoms with Crippen molar-refractivity contribution in [3.63, 3.8) is 0 Å². The largest absolute Gasteiger partial charge is 0.395 e. The summed E-state index contributed by atoms with van der Waals surface area (Å²) in [6.45, 7) is 4.75. The lowest BCUT2D eigenvalue weighted by Crippen LogP contribution is -2.34. The zero-order chi connectivity index (χ0) is 14.2. The smallest absolute Gasteiger partial charge is 0.274 e. The number of aromatic nitrogens is 2. The predicted octanol–water partition coefficient (Wildman–Crippen LogP) is 0.334. The molecule has 2 N–H and O–H groups in total. The maximum Gasteiger partial charge on any atom is 0.274 e. The molecule has 1 amide bonds. The van der Waals surface area contributed by atoms with Gasteiger partial charge in [-0.2, -0.15) is 5.10 Å². The standard InChI is InChI=1S/C13H23N5O/c1-9-11(14)12(18(4)15-9)13(19)17(3)8-10-5-6-16(2)7-10/h10H,5-8,14H2,1-4H3. The number of nitrogens with two attached hydrogens (primary N) is 1. The highest BCUT2D eigenvalue weighted by Crippen LogP contribution is 2.19. The molecule has 6 heteroatoms. The Bertz CT molecular complexity index is 482. The summed E-state index contributed by atoms with van der Waals surface area (Å²) in [5, 5.41) is 4.19. The second-order valence-electron chi connectivity index (χ2n) is 5.57. The summed E-state index contributed by atoms with van der Waals surface area (Å²) in [6.07, 6.45) is 1.15. The summed E-state index contributed by atoms with van der Waals surface area (Å²) in [4.78, 5) is 16.5. The summed E-state index contributed by atoms with van der Waals surface area (Å²) in [5.74, 6) is 0.504. The van der Waals surface area contributed by atoms with Gasteiger partial charge in [0.1, 0.15) is 5.69 Å². The third-order valence-electron chi connectivity index (χ3n) is 3.84. The summed E-state index contributed by atoms with van der Waals surface area (Å²) >= 11 is 0. The second-order valence-corrected chi connectivity index (χ2v) is 5.57. The molecule has 0 spiro atoms. The molecule has 0 saturated carbocycles. The topological polar surface area (TPSA) is 67.4 Å². The fraction of sp³-hybridized carbons (Fsp3) is 0.692. The molecule has 2 heterocycles. The molecule has 6 nitrogen and oxygen atoms in total. The number of likely N-dealkylation sites (tertiary alicyclic amines) is 1. The van der Waals surface area contributed by atoms with Crippen LogP contribution >= 0.6 is 0 Å². The number of carbonyl (C=O) groups excluding carboxylic acids is 1.